The first kappa shape index (κ1) is 8.98. The fourth-order valence-electron chi connectivity index (χ4n) is 1.52. The summed E-state index contributed by atoms with van der Waals surface area (Å²) in [6.07, 6.45) is 2.91. The third kappa shape index (κ3) is 2.05. The second kappa shape index (κ2) is 3.70. The van der Waals surface area contributed by atoms with E-state index in [1.807, 2.05) is 0 Å². The molecule has 3 rings (SSSR count). The molecule has 1 aromatic heterocycles. The summed E-state index contributed by atoms with van der Waals surface area (Å²) in [4.78, 5) is 1.31. The van der Waals surface area contributed by atoms with Crippen molar-refractivity contribution in [2.75, 3.05) is 0 Å². The summed E-state index contributed by atoms with van der Waals surface area (Å²) in [5.41, 5.74) is 1.27. The largest absolute Gasteiger partial charge is 0.490 e. The third-order valence-corrected chi connectivity index (χ3v) is 3.41. The van der Waals surface area contributed by atoms with Gasteiger partial charge in [-0.2, -0.15) is 0 Å². The minimum absolute atomic E-state index is 0.484. The number of benzene rings is 1. The fourth-order valence-corrected chi connectivity index (χ4v) is 2.25. The van der Waals surface area contributed by atoms with Crippen molar-refractivity contribution in [1.29, 1.82) is 0 Å². The van der Waals surface area contributed by atoms with Crippen LogP contribution < -0.4 is 4.74 Å². The molecule has 0 unspecified atom stereocenters. The smallest absolute Gasteiger partial charge is 0.119 e. The lowest BCUT2D eigenvalue weighted by molar-refractivity contribution is 0.303. The van der Waals surface area contributed by atoms with Crippen molar-refractivity contribution in [2.45, 2.75) is 18.9 Å². The lowest BCUT2D eigenvalue weighted by Gasteiger charge is -2.04. The van der Waals surface area contributed by atoms with Gasteiger partial charge in [-0.05, 0) is 54.1 Å². The van der Waals surface area contributed by atoms with Crippen molar-refractivity contribution in [3.05, 3.63) is 41.8 Å². The second-order valence-electron chi connectivity index (χ2n) is 3.82. The Balaban J connectivity index is 1.80. The zero-order valence-electron chi connectivity index (χ0n) is 8.35. The zero-order valence-corrected chi connectivity index (χ0v) is 9.17. The van der Waals surface area contributed by atoms with E-state index in [0.29, 0.717) is 6.10 Å². The molecule has 1 aliphatic rings. The van der Waals surface area contributed by atoms with E-state index in [4.69, 9.17) is 4.74 Å². The maximum atomic E-state index is 5.70. The van der Waals surface area contributed by atoms with Crippen molar-refractivity contribution < 1.29 is 4.74 Å². The number of thiophene rings is 1. The minimum Gasteiger partial charge on any atom is -0.490 e. The van der Waals surface area contributed by atoms with Gasteiger partial charge in [0.15, 0.2) is 0 Å². The molecule has 1 aliphatic carbocycles. The summed E-state index contributed by atoms with van der Waals surface area (Å²) < 4.78 is 5.70. The van der Waals surface area contributed by atoms with Crippen LogP contribution in [0.3, 0.4) is 0 Å². The Labute approximate surface area is 93.3 Å². The summed E-state index contributed by atoms with van der Waals surface area (Å²) in [6, 6.07) is 12.6. The molecule has 1 saturated carbocycles. The molecule has 2 aromatic rings. The van der Waals surface area contributed by atoms with Gasteiger partial charge in [0.25, 0.3) is 0 Å². The Morgan fingerprint density at radius 1 is 1.07 bits per heavy atom. The number of hydrogen-bond donors (Lipinski definition) is 0. The molecule has 1 aromatic carbocycles. The molecule has 0 spiro atoms. The summed E-state index contributed by atoms with van der Waals surface area (Å²) in [5.74, 6) is 0.998. The fraction of sp³-hybridized carbons (Fsp3) is 0.231. The van der Waals surface area contributed by atoms with Crippen LogP contribution >= 0.6 is 11.3 Å². The van der Waals surface area contributed by atoms with Crippen molar-refractivity contribution in [3.63, 3.8) is 0 Å². The highest BCUT2D eigenvalue weighted by atomic mass is 32.1. The highest BCUT2D eigenvalue weighted by Crippen LogP contribution is 2.29. The van der Waals surface area contributed by atoms with Crippen molar-refractivity contribution in [2.24, 2.45) is 0 Å². The van der Waals surface area contributed by atoms with E-state index in [-0.39, 0.29) is 0 Å². The Bertz CT molecular complexity index is 426. The molecule has 1 heterocycles. The highest BCUT2D eigenvalue weighted by molar-refractivity contribution is 7.13. The number of hydrogen-bond acceptors (Lipinski definition) is 2. The van der Waals surface area contributed by atoms with E-state index in [1.54, 1.807) is 11.3 Å². The lowest BCUT2D eigenvalue weighted by atomic mass is 10.2. The van der Waals surface area contributed by atoms with Gasteiger partial charge in [-0.1, -0.05) is 6.07 Å². The van der Waals surface area contributed by atoms with Crippen LogP contribution in [0.4, 0.5) is 0 Å². The molecule has 0 bridgehead atoms. The number of ether oxygens (including phenoxy) is 1. The van der Waals surface area contributed by atoms with E-state index >= 15 is 0 Å². The normalized spacial score (nSPS) is 15.2. The van der Waals surface area contributed by atoms with Crippen LogP contribution in [0.5, 0.6) is 5.75 Å². The number of rotatable bonds is 3. The van der Waals surface area contributed by atoms with Crippen molar-refractivity contribution in [1.82, 2.24) is 0 Å². The van der Waals surface area contributed by atoms with Crippen molar-refractivity contribution >= 4 is 11.3 Å². The van der Waals surface area contributed by atoms with Gasteiger partial charge in [0.1, 0.15) is 5.75 Å². The van der Waals surface area contributed by atoms with Crippen LogP contribution in [0.1, 0.15) is 12.8 Å². The molecular weight excluding hydrogens is 204 g/mol. The molecule has 0 amide bonds. The second-order valence-corrected chi connectivity index (χ2v) is 4.77. The molecule has 15 heavy (non-hydrogen) atoms. The molecule has 1 nitrogen and oxygen atoms in total. The van der Waals surface area contributed by atoms with Gasteiger partial charge in [0.05, 0.1) is 6.10 Å². The minimum atomic E-state index is 0.484. The first-order chi connectivity index (χ1) is 7.42. The van der Waals surface area contributed by atoms with Gasteiger partial charge in [0.2, 0.25) is 0 Å². The molecule has 0 radical (unpaired) electrons. The summed E-state index contributed by atoms with van der Waals surface area (Å²) in [5, 5.41) is 2.10. The van der Waals surface area contributed by atoms with E-state index in [2.05, 4.69) is 41.8 Å². The highest BCUT2D eigenvalue weighted by Gasteiger charge is 2.23. The third-order valence-electron chi connectivity index (χ3n) is 2.49. The predicted molar refractivity (Wildman–Crippen MR) is 63.4 cm³/mol. The Morgan fingerprint density at radius 2 is 1.87 bits per heavy atom. The summed E-state index contributed by atoms with van der Waals surface area (Å²) in [6.45, 7) is 0. The van der Waals surface area contributed by atoms with Crippen LogP contribution in [-0.4, -0.2) is 6.10 Å². The molecule has 2 heteroatoms. The quantitative estimate of drug-likeness (QED) is 0.754. The maximum Gasteiger partial charge on any atom is 0.119 e. The lowest BCUT2D eigenvalue weighted by Crippen LogP contribution is -1.94. The van der Waals surface area contributed by atoms with Gasteiger partial charge in [-0.25, -0.2) is 0 Å². The van der Waals surface area contributed by atoms with Gasteiger partial charge in [-0.3, -0.25) is 0 Å². The van der Waals surface area contributed by atoms with Gasteiger partial charge < -0.3 is 4.74 Å². The van der Waals surface area contributed by atoms with E-state index < -0.39 is 0 Å². The molecule has 1 fully saturated rings. The average Bonchev–Trinajstić information content (AvgIpc) is 2.92. The Kier molecular flexibility index (Phi) is 2.22. The monoisotopic (exact) mass is 216 g/mol. The van der Waals surface area contributed by atoms with Crippen LogP contribution in [0.15, 0.2) is 41.8 Å². The van der Waals surface area contributed by atoms with E-state index in [1.165, 1.54) is 23.3 Å². The molecule has 0 aliphatic heterocycles. The first-order valence-corrected chi connectivity index (χ1v) is 6.10. The first-order valence-electron chi connectivity index (χ1n) is 5.22. The molecule has 0 saturated heterocycles. The predicted octanol–water partition coefficient (Wildman–Crippen LogP) is 3.96. The van der Waals surface area contributed by atoms with E-state index in [9.17, 15) is 0 Å². The van der Waals surface area contributed by atoms with Crippen LogP contribution in [-0.2, 0) is 0 Å². The Morgan fingerprint density at radius 3 is 2.47 bits per heavy atom. The summed E-state index contributed by atoms with van der Waals surface area (Å²) in [7, 11) is 0. The zero-order chi connectivity index (χ0) is 10.1. The van der Waals surface area contributed by atoms with Gasteiger partial charge in [0, 0.05) is 4.88 Å². The van der Waals surface area contributed by atoms with E-state index in [0.717, 1.165) is 5.75 Å². The Hall–Kier alpha value is -1.28. The average molecular weight is 216 g/mol. The maximum absolute atomic E-state index is 5.70. The summed E-state index contributed by atoms with van der Waals surface area (Å²) >= 11 is 1.77. The molecular formula is C13H12OS. The van der Waals surface area contributed by atoms with Crippen LogP contribution in [0, 0.1) is 0 Å². The van der Waals surface area contributed by atoms with Crippen LogP contribution in [0.2, 0.25) is 0 Å². The van der Waals surface area contributed by atoms with Gasteiger partial charge >= 0.3 is 0 Å². The molecule has 76 valence electrons. The molecule has 0 atom stereocenters. The topological polar surface area (TPSA) is 9.23 Å². The standard InChI is InChI=1S/C13H12OS/c1-2-13(15-9-1)10-3-5-11(6-4-10)14-12-7-8-12/h1-6,9,12H,7-8H2. The SMILES string of the molecule is c1csc(-c2ccc(OC3CC3)cc2)c1. The van der Waals surface area contributed by atoms with Gasteiger partial charge in [-0.15, -0.1) is 11.3 Å². The molecule has 0 N–H and O–H groups in total. The van der Waals surface area contributed by atoms with Crippen molar-refractivity contribution in [3.8, 4) is 16.2 Å². The van der Waals surface area contributed by atoms with Crippen LogP contribution in [0.25, 0.3) is 10.4 Å².